The van der Waals surface area contributed by atoms with Gasteiger partial charge < -0.3 is 4.90 Å². The average molecular weight is 234 g/mol. The van der Waals surface area contributed by atoms with Gasteiger partial charge in [-0.15, -0.1) is 0 Å². The minimum absolute atomic E-state index is 0.00834. The second-order valence-corrected chi connectivity index (χ2v) is 4.44. The van der Waals surface area contributed by atoms with Crippen molar-refractivity contribution in [2.75, 3.05) is 6.54 Å². The fourth-order valence-corrected chi connectivity index (χ4v) is 2.26. The number of nitro benzene ring substituents is 1. The van der Waals surface area contributed by atoms with Gasteiger partial charge in [0.1, 0.15) is 0 Å². The van der Waals surface area contributed by atoms with Crippen molar-refractivity contribution >= 4 is 11.6 Å². The molecule has 1 amide bonds. The molecule has 1 aliphatic heterocycles. The van der Waals surface area contributed by atoms with Gasteiger partial charge in [0.05, 0.1) is 4.92 Å². The molecule has 2 rings (SSSR count). The molecule has 0 bridgehead atoms. The van der Waals surface area contributed by atoms with Crippen molar-refractivity contribution in [1.29, 1.82) is 0 Å². The summed E-state index contributed by atoms with van der Waals surface area (Å²) in [5, 5.41) is 10.7. The zero-order chi connectivity index (χ0) is 12.6. The van der Waals surface area contributed by atoms with E-state index in [1.165, 1.54) is 13.0 Å². The highest BCUT2D eigenvalue weighted by molar-refractivity contribution is 5.73. The first-order valence-corrected chi connectivity index (χ1v) is 5.51. The summed E-state index contributed by atoms with van der Waals surface area (Å²) < 4.78 is 0. The lowest BCUT2D eigenvalue weighted by Gasteiger charge is -2.32. The van der Waals surface area contributed by atoms with E-state index in [1.54, 1.807) is 17.0 Å². The molecule has 5 heteroatoms. The largest absolute Gasteiger partial charge is 0.338 e. The molecule has 17 heavy (non-hydrogen) atoms. The lowest BCUT2D eigenvalue weighted by molar-refractivity contribution is -0.385. The number of carbonyl (C=O) groups is 1. The number of non-ortho nitro benzene ring substituents is 1. The summed E-state index contributed by atoms with van der Waals surface area (Å²) in [6.45, 7) is 4.70. The molecular formula is C12H14N2O3. The SMILES string of the molecule is CC(=O)N1Cc2cc([N+](=O)[O-])ccc2C(C)C1. The standard InChI is InChI=1S/C12H14N2O3/c1-8-6-13(9(2)15)7-10-5-11(14(16)17)3-4-12(8)10/h3-5,8H,6-7H2,1-2H3. The van der Waals surface area contributed by atoms with E-state index in [9.17, 15) is 14.9 Å². The summed E-state index contributed by atoms with van der Waals surface area (Å²) in [5.41, 5.74) is 2.07. The lowest BCUT2D eigenvalue weighted by Crippen LogP contribution is -2.36. The van der Waals surface area contributed by atoms with Gasteiger partial charge in [-0.25, -0.2) is 0 Å². The molecule has 0 saturated heterocycles. The molecule has 1 unspecified atom stereocenters. The molecule has 1 heterocycles. The lowest BCUT2D eigenvalue weighted by atomic mass is 9.91. The highest BCUT2D eigenvalue weighted by Crippen LogP contribution is 2.30. The third-order valence-corrected chi connectivity index (χ3v) is 3.17. The van der Waals surface area contributed by atoms with Crippen molar-refractivity contribution in [3.63, 3.8) is 0 Å². The van der Waals surface area contributed by atoms with E-state index in [0.29, 0.717) is 13.1 Å². The summed E-state index contributed by atoms with van der Waals surface area (Å²) >= 11 is 0. The van der Waals surface area contributed by atoms with Crippen LogP contribution < -0.4 is 0 Å². The number of nitro groups is 1. The van der Waals surface area contributed by atoms with Gasteiger partial charge in [0.15, 0.2) is 0 Å². The van der Waals surface area contributed by atoms with Crippen LogP contribution in [0.3, 0.4) is 0 Å². The Morgan fingerprint density at radius 3 is 2.82 bits per heavy atom. The molecule has 90 valence electrons. The van der Waals surface area contributed by atoms with Crippen LogP contribution in [-0.4, -0.2) is 22.3 Å². The van der Waals surface area contributed by atoms with E-state index >= 15 is 0 Å². The van der Waals surface area contributed by atoms with Crippen LogP contribution in [0.15, 0.2) is 18.2 Å². The minimum atomic E-state index is -0.405. The number of fused-ring (bicyclic) bond motifs is 1. The predicted molar refractivity (Wildman–Crippen MR) is 62.6 cm³/mol. The van der Waals surface area contributed by atoms with Crippen molar-refractivity contribution in [1.82, 2.24) is 4.90 Å². The molecule has 1 atom stereocenters. The summed E-state index contributed by atoms with van der Waals surface area (Å²) in [5.74, 6) is 0.234. The van der Waals surface area contributed by atoms with Crippen LogP contribution in [0.4, 0.5) is 5.69 Å². The molecule has 1 aromatic carbocycles. The number of hydrogen-bond acceptors (Lipinski definition) is 3. The second-order valence-electron chi connectivity index (χ2n) is 4.44. The number of amides is 1. The van der Waals surface area contributed by atoms with Gasteiger partial charge in [0.2, 0.25) is 5.91 Å². The molecule has 1 aromatic rings. The maximum absolute atomic E-state index is 11.4. The second kappa shape index (κ2) is 4.16. The number of nitrogens with zero attached hydrogens (tertiary/aromatic N) is 2. The summed E-state index contributed by atoms with van der Waals surface area (Å²) in [6.07, 6.45) is 0. The molecule has 0 saturated carbocycles. The van der Waals surface area contributed by atoms with Crippen molar-refractivity contribution in [3.8, 4) is 0 Å². The van der Waals surface area contributed by atoms with Crippen LogP contribution in [0.5, 0.6) is 0 Å². The van der Waals surface area contributed by atoms with Crippen molar-refractivity contribution < 1.29 is 9.72 Å². The zero-order valence-electron chi connectivity index (χ0n) is 9.84. The maximum atomic E-state index is 11.4. The smallest absolute Gasteiger partial charge is 0.269 e. The number of benzene rings is 1. The molecule has 0 N–H and O–H groups in total. The van der Waals surface area contributed by atoms with Crippen LogP contribution in [0.25, 0.3) is 0 Å². The van der Waals surface area contributed by atoms with Gasteiger partial charge >= 0.3 is 0 Å². The first-order valence-electron chi connectivity index (χ1n) is 5.51. The van der Waals surface area contributed by atoms with Crippen LogP contribution >= 0.6 is 0 Å². The van der Waals surface area contributed by atoms with Crippen LogP contribution in [0, 0.1) is 10.1 Å². The fraction of sp³-hybridized carbons (Fsp3) is 0.417. The quantitative estimate of drug-likeness (QED) is 0.552. The van der Waals surface area contributed by atoms with Gasteiger partial charge in [-0.3, -0.25) is 14.9 Å². The monoisotopic (exact) mass is 234 g/mol. The summed E-state index contributed by atoms with van der Waals surface area (Å²) in [6, 6.07) is 4.90. The van der Waals surface area contributed by atoms with Gasteiger partial charge in [0, 0.05) is 32.1 Å². The van der Waals surface area contributed by atoms with E-state index in [2.05, 4.69) is 0 Å². The Morgan fingerprint density at radius 2 is 2.24 bits per heavy atom. The summed E-state index contributed by atoms with van der Waals surface area (Å²) in [4.78, 5) is 23.4. The Hall–Kier alpha value is -1.91. The van der Waals surface area contributed by atoms with Gasteiger partial charge in [-0.1, -0.05) is 13.0 Å². The first-order chi connectivity index (χ1) is 7.99. The van der Waals surface area contributed by atoms with E-state index in [4.69, 9.17) is 0 Å². The third-order valence-electron chi connectivity index (χ3n) is 3.17. The fourth-order valence-electron chi connectivity index (χ4n) is 2.26. The van der Waals surface area contributed by atoms with Crippen molar-refractivity contribution in [3.05, 3.63) is 39.4 Å². The Balaban J connectivity index is 2.40. The van der Waals surface area contributed by atoms with Crippen LogP contribution in [0.2, 0.25) is 0 Å². The molecule has 5 nitrogen and oxygen atoms in total. The average Bonchev–Trinajstić information content (AvgIpc) is 2.27. The Morgan fingerprint density at radius 1 is 1.53 bits per heavy atom. The van der Waals surface area contributed by atoms with Gasteiger partial charge in [-0.05, 0) is 17.0 Å². The van der Waals surface area contributed by atoms with E-state index in [0.717, 1.165) is 11.1 Å². The number of hydrogen-bond donors (Lipinski definition) is 0. The molecule has 0 fully saturated rings. The Bertz CT molecular complexity index is 485. The molecule has 0 spiro atoms. The van der Waals surface area contributed by atoms with Gasteiger partial charge in [-0.2, -0.15) is 0 Å². The van der Waals surface area contributed by atoms with Crippen LogP contribution in [-0.2, 0) is 11.3 Å². The maximum Gasteiger partial charge on any atom is 0.269 e. The highest BCUT2D eigenvalue weighted by Gasteiger charge is 2.25. The molecule has 0 aromatic heterocycles. The minimum Gasteiger partial charge on any atom is -0.338 e. The third kappa shape index (κ3) is 2.13. The van der Waals surface area contributed by atoms with Gasteiger partial charge in [0.25, 0.3) is 5.69 Å². The number of rotatable bonds is 1. The van der Waals surface area contributed by atoms with Crippen molar-refractivity contribution in [2.24, 2.45) is 0 Å². The molecule has 0 aliphatic carbocycles. The normalized spacial score (nSPS) is 18.7. The topological polar surface area (TPSA) is 63.5 Å². The summed E-state index contributed by atoms with van der Waals surface area (Å²) in [7, 11) is 0. The molecular weight excluding hydrogens is 220 g/mol. The number of carbonyl (C=O) groups excluding carboxylic acids is 1. The van der Waals surface area contributed by atoms with E-state index in [1.807, 2.05) is 6.92 Å². The zero-order valence-corrected chi connectivity index (χ0v) is 9.84. The van der Waals surface area contributed by atoms with Crippen LogP contribution in [0.1, 0.15) is 30.9 Å². The van der Waals surface area contributed by atoms with E-state index in [-0.39, 0.29) is 17.5 Å². The van der Waals surface area contributed by atoms with E-state index < -0.39 is 4.92 Å². The first kappa shape index (κ1) is 11.6. The predicted octanol–water partition coefficient (Wildman–Crippen LogP) is 2.06. The van der Waals surface area contributed by atoms with Crippen molar-refractivity contribution in [2.45, 2.75) is 26.3 Å². The molecule has 0 radical (unpaired) electrons. The molecule has 1 aliphatic rings. The highest BCUT2D eigenvalue weighted by atomic mass is 16.6. The Labute approximate surface area is 99.2 Å². The Kier molecular flexibility index (Phi) is 2.83.